The van der Waals surface area contributed by atoms with Gasteiger partial charge in [0.15, 0.2) is 34.9 Å². The third kappa shape index (κ3) is 17.2. The van der Waals surface area contributed by atoms with Crippen molar-refractivity contribution in [1.82, 2.24) is 58.6 Å². The highest BCUT2D eigenvalue weighted by Crippen LogP contribution is 2.45. The van der Waals surface area contributed by atoms with E-state index >= 15 is 0 Å². The summed E-state index contributed by atoms with van der Waals surface area (Å²) in [5.74, 6) is -4.43. The van der Waals surface area contributed by atoms with Crippen molar-refractivity contribution in [3.63, 3.8) is 0 Å². The van der Waals surface area contributed by atoms with E-state index in [4.69, 9.17) is 34.8 Å². The van der Waals surface area contributed by atoms with Crippen molar-refractivity contribution in [3.8, 4) is 34.2 Å². The molecule has 3 saturated carbocycles. The monoisotopic (exact) mass is 1320 g/mol. The van der Waals surface area contributed by atoms with Crippen LogP contribution >= 0.6 is 47.2 Å². The summed E-state index contributed by atoms with van der Waals surface area (Å²) in [5.41, 5.74) is 7.97. The number of fused-ring (bicyclic) bond motifs is 3. The minimum Gasteiger partial charge on any atom is -0.369 e. The largest absolute Gasteiger partial charge is 0.390 e. The first-order valence-corrected chi connectivity index (χ1v) is 26.3. The van der Waals surface area contributed by atoms with Gasteiger partial charge < -0.3 is 30.1 Å². The molecule has 4 N–H and O–H groups in total. The van der Waals surface area contributed by atoms with Crippen LogP contribution in [0.2, 0.25) is 15.7 Å². The number of nitrogens with one attached hydrogen (secondary N) is 2. The Balaban J connectivity index is 0.000000195. The van der Waals surface area contributed by atoms with Gasteiger partial charge in [0.2, 0.25) is 10.6 Å². The van der Waals surface area contributed by atoms with Gasteiger partial charge in [0.25, 0.3) is 0 Å². The number of halogens is 19. The number of imidazole rings is 3. The van der Waals surface area contributed by atoms with Crippen LogP contribution in [0.4, 0.5) is 77.5 Å². The summed E-state index contributed by atoms with van der Waals surface area (Å²) in [6.45, 7) is -1.10. The van der Waals surface area contributed by atoms with Gasteiger partial charge in [-0.05, 0) is 61.7 Å². The van der Waals surface area contributed by atoms with E-state index in [1.54, 1.807) is 9.13 Å². The molecular weight excluding hydrogens is 1270 g/mol. The lowest BCUT2D eigenvalue weighted by Gasteiger charge is -2.13. The van der Waals surface area contributed by atoms with E-state index in [1.807, 2.05) is 4.57 Å². The first-order chi connectivity index (χ1) is 39.7. The number of nitrogens with zero attached hydrogens (tertiary/aromatic N) is 12. The van der Waals surface area contributed by atoms with E-state index in [0.29, 0.717) is 56.2 Å². The molecule has 6 aromatic heterocycles. The fourth-order valence-electron chi connectivity index (χ4n) is 8.54. The molecule has 3 fully saturated rings. The number of rotatable bonds is 13. The van der Waals surface area contributed by atoms with Crippen LogP contribution in [-0.4, -0.2) is 96.7 Å². The molecule has 9 aromatic rings. The maximum absolute atomic E-state index is 13.8. The first-order valence-electron chi connectivity index (χ1n) is 25.2. The number of nitrogens with two attached hydrogens (primary N) is 1. The zero-order valence-corrected chi connectivity index (χ0v) is 46.2. The summed E-state index contributed by atoms with van der Waals surface area (Å²) >= 11 is 17.6. The standard InChI is InChI=1S/C17H13ClF5N5.C17H14F5N5.C14H8Cl2F2N4.C3H6F3N.2CH4.ClH/c18-16-25-7-9(14(27-16)24-4-3-17(21,22)23)15-26-12-5-10(19)11(20)6-13(12)28(15)8-1-2-8;18-11-5-13-14(6-12(11)19)27(9-1-2-9)16(26-13)10-7-23-8-25-15(10)24-4-3-17(20,21)22;15-12-7(5-19-14(16)21-12)13-20-10-3-8(17)9(18)4-11(10)22(13)6-1-2-6;4-3(5,6)1-2-7;;;/h5-8H,1-4H2,(H,24,25,27);5-9H,1-4H2,(H,23,24,25);3-6H,1-2H2;1-2,7H2;2*1H4;1H. The van der Waals surface area contributed by atoms with Gasteiger partial charge in [0.1, 0.15) is 40.6 Å². The van der Waals surface area contributed by atoms with Crippen LogP contribution in [0.5, 0.6) is 0 Å². The molecule has 15 nitrogen and oxygen atoms in total. The predicted octanol–water partition coefficient (Wildman–Crippen LogP) is 16.6. The van der Waals surface area contributed by atoms with Crippen molar-refractivity contribution in [2.24, 2.45) is 5.73 Å². The number of aromatic nitrogens is 12. The van der Waals surface area contributed by atoms with Crippen molar-refractivity contribution in [2.75, 3.05) is 30.3 Å². The van der Waals surface area contributed by atoms with E-state index in [9.17, 15) is 65.9 Å². The first kappa shape index (κ1) is 69.1. The van der Waals surface area contributed by atoms with Crippen molar-refractivity contribution in [1.29, 1.82) is 0 Å². The molecule has 470 valence electrons. The summed E-state index contributed by atoms with van der Waals surface area (Å²) in [6.07, 6.45) is -5.00. The molecule has 0 saturated heterocycles. The lowest BCUT2D eigenvalue weighted by Crippen LogP contribution is -2.16. The van der Waals surface area contributed by atoms with Crippen LogP contribution in [0, 0.1) is 34.9 Å². The maximum Gasteiger partial charge on any atom is 0.390 e. The van der Waals surface area contributed by atoms with Crippen LogP contribution < -0.4 is 16.4 Å². The molecule has 34 heteroatoms. The van der Waals surface area contributed by atoms with Crippen LogP contribution in [0.3, 0.4) is 0 Å². The summed E-state index contributed by atoms with van der Waals surface area (Å²) < 4.78 is 195. The molecule has 0 radical (unpaired) electrons. The molecular formula is C53H50Cl4F15N15. The minimum atomic E-state index is -4.33. The molecule has 3 aliphatic rings. The molecule has 3 aromatic carbocycles. The van der Waals surface area contributed by atoms with Gasteiger partial charge in [-0.25, -0.2) is 71.2 Å². The summed E-state index contributed by atoms with van der Waals surface area (Å²) in [7, 11) is 0. The van der Waals surface area contributed by atoms with Gasteiger partial charge in [-0.1, -0.05) is 26.5 Å². The highest BCUT2D eigenvalue weighted by molar-refractivity contribution is 6.33. The van der Waals surface area contributed by atoms with Crippen LogP contribution in [0.1, 0.15) is 90.8 Å². The van der Waals surface area contributed by atoms with Gasteiger partial charge in [0.05, 0.1) is 69.1 Å². The molecule has 0 bridgehead atoms. The average Bonchev–Trinajstić information content (AvgIpc) is 1.64. The molecule has 0 unspecified atom stereocenters. The Bertz CT molecular complexity index is 3860. The Morgan fingerprint density at radius 3 is 1.16 bits per heavy atom. The van der Waals surface area contributed by atoms with Crippen molar-refractivity contribution >= 4 is 91.9 Å². The Kier molecular flexibility index (Phi) is 22.2. The van der Waals surface area contributed by atoms with E-state index in [0.717, 1.165) is 74.9 Å². The highest BCUT2D eigenvalue weighted by Gasteiger charge is 2.35. The Labute approximate surface area is 505 Å². The smallest absolute Gasteiger partial charge is 0.369 e. The normalized spacial score (nSPS) is 14.0. The van der Waals surface area contributed by atoms with Crippen molar-refractivity contribution < 1.29 is 65.9 Å². The lowest BCUT2D eigenvalue weighted by molar-refractivity contribution is -0.132. The average molecular weight is 1320 g/mol. The molecule has 12 rings (SSSR count). The zero-order chi connectivity index (χ0) is 60.6. The second-order valence-corrected chi connectivity index (χ2v) is 20.2. The van der Waals surface area contributed by atoms with E-state index in [2.05, 4.69) is 61.2 Å². The van der Waals surface area contributed by atoms with Crippen LogP contribution in [0.25, 0.3) is 67.3 Å². The van der Waals surface area contributed by atoms with E-state index < -0.39 is 79.2 Å². The molecule has 0 atom stereocenters. The number of benzene rings is 3. The summed E-state index contributed by atoms with van der Waals surface area (Å²) in [5, 5.41) is 5.29. The molecule has 87 heavy (non-hydrogen) atoms. The molecule has 3 aliphatic carbocycles. The lowest BCUT2D eigenvalue weighted by atomic mass is 10.2. The molecule has 0 aliphatic heterocycles. The number of hydrogen-bond donors (Lipinski definition) is 3. The van der Waals surface area contributed by atoms with Crippen molar-refractivity contribution in [3.05, 3.63) is 112 Å². The third-order valence-corrected chi connectivity index (χ3v) is 13.3. The van der Waals surface area contributed by atoms with Gasteiger partial charge in [0, 0.05) is 92.7 Å². The number of anilines is 2. The van der Waals surface area contributed by atoms with E-state index in [1.165, 1.54) is 24.9 Å². The van der Waals surface area contributed by atoms with Gasteiger partial charge in [-0.2, -0.15) is 39.5 Å². The van der Waals surface area contributed by atoms with Gasteiger partial charge >= 0.3 is 18.5 Å². The quantitative estimate of drug-likeness (QED) is 0.0565. The minimum absolute atomic E-state index is 0. The fraction of sp³-hybridized carbons (Fsp3) is 0.377. The number of hydrogen-bond acceptors (Lipinski definition) is 12. The Hall–Kier alpha value is -7.02. The van der Waals surface area contributed by atoms with Crippen LogP contribution in [0.15, 0.2) is 61.3 Å². The third-order valence-electron chi connectivity index (χ3n) is 12.7. The summed E-state index contributed by atoms with van der Waals surface area (Å²) in [4.78, 5) is 36.7. The number of alkyl halides is 9. The Morgan fingerprint density at radius 1 is 0.460 bits per heavy atom. The highest BCUT2D eigenvalue weighted by atomic mass is 35.5. The van der Waals surface area contributed by atoms with Crippen LogP contribution in [-0.2, 0) is 0 Å². The predicted molar refractivity (Wildman–Crippen MR) is 301 cm³/mol. The molecule has 0 spiro atoms. The Morgan fingerprint density at radius 2 is 0.805 bits per heavy atom. The molecule has 6 heterocycles. The summed E-state index contributed by atoms with van der Waals surface area (Å²) in [6, 6.07) is 6.67. The maximum atomic E-state index is 13.8. The zero-order valence-electron chi connectivity index (χ0n) is 43.1. The second kappa shape index (κ2) is 28.0. The van der Waals surface area contributed by atoms with E-state index in [-0.39, 0.29) is 96.9 Å². The van der Waals surface area contributed by atoms with Crippen molar-refractivity contribution in [2.45, 2.75) is 109 Å². The molecule has 0 amide bonds. The van der Waals surface area contributed by atoms with Gasteiger partial charge in [-0.15, -0.1) is 12.4 Å². The fourth-order valence-corrected chi connectivity index (χ4v) is 9.06. The SMILES string of the molecule is C.C.Cl.Fc1cc2nc(-c3cnc(Cl)nc3Cl)n(C3CC3)c2cc1F.Fc1cc2nc(-c3cnc(Cl)nc3NCCC(F)(F)F)n(C3CC3)c2cc1F.Fc1cc2nc(-c3cncnc3NCCC(F)(F)F)n(C3CC3)c2cc1F.NCCC(F)(F)F. The topological polar surface area (TPSA) is 181 Å². The van der Waals surface area contributed by atoms with Gasteiger partial charge in [-0.3, -0.25) is 0 Å². The second-order valence-electron chi connectivity index (χ2n) is 19.1.